The normalized spacial score (nSPS) is 18.8. The summed E-state index contributed by atoms with van der Waals surface area (Å²) in [5, 5.41) is 4.02. The van der Waals surface area contributed by atoms with Gasteiger partial charge < -0.3 is 9.88 Å². The Morgan fingerprint density at radius 1 is 1.32 bits per heavy atom. The smallest absolute Gasteiger partial charge is 0.245 e. The lowest BCUT2D eigenvalue weighted by atomic mass is 10.2. The minimum Gasteiger partial charge on any atom is -0.347 e. The monoisotopic (exact) mass is 343 g/mol. The van der Waals surface area contributed by atoms with Crippen LogP contribution in [0.3, 0.4) is 0 Å². The van der Waals surface area contributed by atoms with E-state index in [1.165, 1.54) is 4.31 Å². The highest BCUT2D eigenvalue weighted by Gasteiger charge is 2.33. The molecule has 7 heteroatoms. The SMILES string of the molecule is Cc1c(S(=O)(=O)N(C)C2CCNC2)c2ccccc2n1C.Cl. The van der Waals surface area contributed by atoms with Crippen molar-refractivity contribution in [2.45, 2.75) is 24.3 Å². The summed E-state index contributed by atoms with van der Waals surface area (Å²) < 4.78 is 29.6. The molecular weight excluding hydrogens is 322 g/mol. The standard InChI is InChI=1S/C15H21N3O2S.ClH/c1-11-15(13-6-4-5-7-14(13)17(11)2)21(19,20)18(3)12-8-9-16-10-12;/h4-7,12,16H,8-10H2,1-3H3;1H. The van der Waals surface area contributed by atoms with E-state index in [4.69, 9.17) is 0 Å². The molecule has 0 amide bonds. The summed E-state index contributed by atoms with van der Waals surface area (Å²) in [6.07, 6.45) is 0.861. The van der Waals surface area contributed by atoms with Gasteiger partial charge in [-0.2, -0.15) is 4.31 Å². The van der Waals surface area contributed by atoms with E-state index in [-0.39, 0.29) is 18.4 Å². The highest BCUT2D eigenvalue weighted by molar-refractivity contribution is 7.89. The van der Waals surface area contributed by atoms with Crippen molar-refractivity contribution >= 4 is 33.3 Å². The van der Waals surface area contributed by atoms with Crippen LogP contribution in [0.5, 0.6) is 0 Å². The Labute approximate surface area is 137 Å². The van der Waals surface area contributed by atoms with Crippen LogP contribution < -0.4 is 5.32 Å². The Balaban J connectivity index is 0.00000176. The van der Waals surface area contributed by atoms with Crippen molar-refractivity contribution in [2.24, 2.45) is 7.05 Å². The fourth-order valence-electron chi connectivity index (χ4n) is 3.10. The summed E-state index contributed by atoms with van der Waals surface area (Å²) in [4.78, 5) is 0.440. The second kappa shape index (κ2) is 6.20. The summed E-state index contributed by atoms with van der Waals surface area (Å²) >= 11 is 0. The van der Waals surface area contributed by atoms with Gasteiger partial charge in [0.05, 0.1) is 0 Å². The van der Waals surface area contributed by atoms with Crippen molar-refractivity contribution in [3.8, 4) is 0 Å². The number of hydrogen-bond acceptors (Lipinski definition) is 3. The van der Waals surface area contributed by atoms with Gasteiger partial charge in [-0.3, -0.25) is 0 Å². The molecule has 5 nitrogen and oxygen atoms in total. The molecule has 2 heterocycles. The molecule has 1 aromatic carbocycles. The zero-order valence-corrected chi connectivity index (χ0v) is 14.7. The van der Waals surface area contributed by atoms with Gasteiger partial charge in [0, 0.05) is 43.3 Å². The maximum Gasteiger partial charge on any atom is 0.245 e. The molecule has 1 atom stereocenters. The summed E-state index contributed by atoms with van der Waals surface area (Å²) in [6, 6.07) is 7.70. The van der Waals surface area contributed by atoms with Crippen LogP contribution in [0.1, 0.15) is 12.1 Å². The van der Waals surface area contributed by atoms with Gasteiger partial charge in [-0.1, -0.05) is 18.2 Å². The molecule has 1 aromatic heterocycles. The molecule has 1 fully saturated rings. The van der Waals surface area contributed by atoms with Gasteiger partial charge in [-0.15, -0.1) is 12.4 Å². The van der Waals surface area contributed by atoms with E-state index < -0.39 is 10.0 Å². The third kappa shape index (κ3) is 2.54. The van der Waals surface area contributed by atoms with Gasteiger partial charge >= 0.3 is 0 Å². The van der Waals surface area contributed by atoms with Crippen LogP contribution in [0.2, 0.25) is 0 Å². The lowest BCUT2D eigenvalue weighted by molar-refractivity contribution is 0.388. The van der Waals surface area contributed by atoms with Crippen LogP contribution in [-0.2, 0) is 17.1 Å². The number of benzene rings is 1. The Bertz CT molecular complexity index is 779. The highest BCUT2D eigenvalue weighted by atomic mass is 35.5. The van der Waals surface area contributed by atoms with Crippen molar-refractivity contribution in [3.05, 3.63) is 30.0 Å². The number of nitrogens with zero attached hydrogens (tertiary/aromatic N) is 2. The molecule has 1 aliphatic rings. The Morgan fingerprint density at radius 2 is 2.00 bits per heavy atom. The van der Waals surface area contributed by atoms with E-state index in [0.29, 0.717) is 4.90 Å². The minimum atomic E-state index is -3.49. The van der Waals surface area contributed by atoms with Gasteiger partial charge in [0.1, 0.15) is 4.90 Å². The summed E-state index contributed by atoms with van der Waals surface area (Å²) in [5.74, 6) is 0. The number of sulfonamides is 1. The number of fused-ring (bicyclic) bond motifs is 1. The van der Waals surface area contributed by atoms with Gasteiger partial charge in [-0.25, -0.2) is 8.42 Å². The molecule has 0 saturated carbocycles. The lowest BCUT2D eigenvalue weighted by Gasteiger charge is -2.23. The summed E-state index contributed by atoms with van der Waals surface area (Å²) in [7, 11) is 0.113. The third-order valence-corrected chi connectivity index (χ3v) is 6.61. The number of rotatable bonds is 3. The van der Waals surface area contributed by atoms with Gasteiger partial charge in [0.2, 0.25) is 10.0 Å². The molecule has 0 aliphatic carbocycles. The van der Waals surface area contributed by atoms with Gasteiger partial charge in [-0.05, 0) is 26.0 Å². The van der Waals surface area contributed by atoms with Crippen molar-refractivity contribution < 1.29 is 8.42 Å². The Kier molecular flexibility index (Phi) is 4.87. The van der Waals surface area contributed by atoms with Gasteiger partial charge in [0.25, 0.3) is 0 Å². The van der Waals surface area contributed by atoms with Crippen LogP contribution in [0, 0.1) is 6.92 Å². The fraction of sp³-hybridized carbons (Fsp3) is 0.467. The van der Waals surface area contributed by atoms with E-state index >= 15 is 0 Å². The molecule has 1 saturated heterocycles. The van der Waals surface area contributed by atoms with E-state index in [0.717, 1.165) is 36.1 Å². The van der Waals surface area contributed by atoms with Crippen LogP contribution in [0.15, 0.2) is 29.2 Å². The number of likely N-dealkylation sites (N-methyl/N-ethyl adjacent to an activating group) is 1. The number of halogens is 1. The van der Waals surface area contributed by atoms with Crippen LogP contribution in [0.25, 0.3) is 10.9 Å². The largest absolute Gasteiger partial charge is 0.347 e. The zero-order chi connectivity index (χ0) is 15.2. The molecule has 22 heavy (non-hydrogen) atoms. The summed E-state index contributed by atoms with van der Waals surface area (Å²) in [6.45, 7) is 3.46. The molecule has 122 valence electrons. The predicted molar refractivity (Wildman–Crippen MR) is 91.1 cm³/mol. The van der Waals surface area contributed by atoms with Gasteiger partial charge in [0.15, 0.2) is 0 Å². The molecule has 1 unspecified atom stereocenters. The average Bonchev–Trinajstić information content (AvgIpc) is 3.07. The first-order valence-corrected chi connectivity index (χ1v) is 8.61. The van der Waals surface area contributed by atoms with Crippen molar-refractivity contribution in [1.29, 1.82) is 0 Å². The van der Waals surface area contributed by atoms with Crippen LogP contribution in [0.4, 0.5) is 0 Å². The van der Waals surface area contributed by atoms with E-state index in [9.17, 15) is 8.42 Å². The lowest BCUT2D eigenvalue weighted by Crippen LogP contribution is -2.38. The first-order chi connectivity index (χ1) is 9.94. The zero-order valence-electron chi connectivity index (χ0n) is 13.0. The molecule has 1 N–H and O–H groups in total. The molecule has 3 rings (SSSR count). The maximum absolute atomic E-state index is 13.1. The van der Waals surface area contributed by atoms with Crippen LogP contribution in [-0.4, -0.2) is 43.5 Å². The van der Waals surface area contributed by atoms with Crippen molar-refractivity contribution in [1.82, 2.24) is 14.2 Å². The molecule has 0 radical (unpaired) electrons. The van der Waals surface area contributed by atoms with Crippen LogP contribution >= 0.6 is 12.4 Å². The van der Waals surface area contributed by atoms with Crippen molar-refractivity contribution in [2.75, 3.05) is 20.1 Å². The molecule has 1 aliphatic heterocycles. The average molecular weight is 344 g/mol. The topological polar surface area (TPSA) is 54.3 Å². The third-order valence-electron chi connectivity index (χ3n) is 4.53. The van der Waals surface area contributed by atoms with E-state index in [2.05, 4.69) is 5.32 Å². The molecule has 0 spiro atoms. The summed E-state index contributed by atoms with van der Waals surface area (Å²) in [5.41, 5.74) is 1.74. The van der Waals surface area contributed by atoms with E-state index in [1.807, 2.05) is 42.8 Å². The first kappa shape index (κ1) is 17.3. The molecular formula is C15H22ClN3O2S. The quantitative estimate of drug-likeness (QED) is 0.926. The molecule has 2 aromatic rings. The molecule has 0 bridgehead atoms. The Hall–Kier alpha value is -1.08. The fourth-order valence-corrected chi connectivity index (χ4v) is 4.92. The number of hydrogen-bond donors (Lipinski definition) is 1. The first-order valence-electron chi connectivity index (χ1n) is 7.17. The second-order valence-corrected chi connectivity index (χ2v) is 7.59. The minimum absolute atomic E-state index is 0. The highest BCUT2D eigenvalue weighted by Crippen LogP contribution is 2.31. The second-order valence-electron chi connectivity index (χ2n) is 5.66. The number of nitrogens with one attached hydrogen (secondary N) is 1. The Morgan fingerprint density at radius 3 is 2.64 bits per heavy atom. The predicted octanol–water partition coefficient (Wildman–Crippen LogP) is 1.89. The van der Waals surface area contributed by atoms with E-state index in [1.54, 1.807) is 7.05 Å². The number of aromatic nitrogens is 1. The maximum atomic E-state index is 13.1. The number of aryl methyl sites for hydroxylation is 1. The van der Waals surface area contributed by atoms with Crippen molar-refractivity contribution in [3.63, 3.8) is 0 Å². The number of para-hydroxylation sites is 1.